The molecule has 0 aliphatic heterocycles. The van der Waals surface area contributed by atoms with Gasteiger partial charge in [0, 0.05) is 5.39 Å². The van der Waals surface area contributed by atoms with E-state index in [2.05, 4.69) is 24.0 Å². The van der Waals surface area contributed by atoms with Gasteiger partial charge in [-0.25, -0.2) is 4.98 Å². The lowest BCUT2D eigenvalue weighted by Gasteiger charge is -2.01. The van der Waals surface area contributed by atoms with Crippen molar-refractivity contribution in [1.29, 1.82) is 0 Å². The van der Waals surface area contributed by atoms with Gasteiger partial charge in [0.1, 0.15) is 5.15 Å². The molecule has 0 aliphatic carbocycles. The Kier molecular flexibility index (Phi) is 2.69. The van der Waals surface area contributed by atoms with Crippen LogP contribution in [0.15, 0.2) is 30.3 Å². The van der Waals surface area contributed by atoms with Crippen LogP contribution in [0.25, 0.3) is 10.9 Å². The van der Waals surface area contributed by atoms with E-state index >= 15 is 0 Å². The minimum Gasteiger partial charge on any atom is -0.236 e. The number of nitrogens with zero attached hydrogens (tertiary/aromatic N) is 1. The highest BCUT2D eigenvalue weighted by Crippen LogP contribution is 2.17. The van der Waals surface area contributed by atoms with Crippen LogP contribution in [0.3, 0.4) is 0 Å². The van der Waals surface area contributed by atoms with Crippen molar-refractivity contribution in [3.63, 3.8) is 0 Å². The first-order valence-electron chi connectivity index (χ1n) is 4.85. The molecule has 2 heteroatoms. The van der Waals surface area contributed by atoms with Crippen LogP contribution in [0.5, 0.6) is 0 Å². The second-order valence-electron chi connectivity index (χ2n) is 3.41. The Hall–Kier alpha value is -1.08. The second-order valence-corrected chi connectivity index (χ2v) is 3.80. The molecule has 2 aromatic rings. The fourth-order valence-electron chi connectivity index (χ4n) is 1.59. The first-order chi connectivity index (χ1) is 6.79. The van der Waals surface area contributed by atoms with Crippen molar-refractivity contribution < 1.29 is 0 Å². The molecule has 1 nitrogen and oxygen atoms in total. The van der Waals surface area contributed by atoms with Gasteiger partial charge < -0.3 is 0 Å². The Bertz CT molecular complexity index is 451. The van der Waals surface area contributed by atoms with E-state index in [0.29, 0.717) is 5.15 Å². The monoisotopic (exact) mass is 205 g/mol. The highest BCUT2D eigenvalue weighted by atomic mass is 35.5. The molecule has 2 rings (SSSR count). The van der Waals surface area contributed by atoms with Crippen LogP contribution in [0.1, 0.15) is 18.9 Å². The molecule has 1 aromatic heterocycles. The number of aryl methyl sites for hydroxylation is 1. The Morgan fingerprint density at radius 3 is 2.86 bits per heavy atom. The summed E-state index contributed by atoms with van der Waals surface area (Å²) in [7, 11) is 0. The van der Waals surface area contributed by atoms with Crippen LogP contribution in [-0.4, -0.2) is 4.98 Å². The summed E-state index contributed by atoms with van der Waals surface area (Å²) >= 11 is 5.81. The molecule has 0 saturated carbocycles. The van der Waals surface area contributed by atoms with Crippen molar-refractivity contribution in [2.45, 2.75) is 19.8 Å². The van der Waals surface area contributed by atoms with Gasteiger partial charge in [-0.15, -0.1) is 0 Å². The van der Waals surface area contributed by atoms with Gasteiger partial charge >= 0.3 is 0 Å². The van der Waals surface area contributed by atoms with Gasteiger partial charge in [-0.05, 0) is 36.2 Å². The van der Waals surface area contributed by atoms with Crippen molar-refractivity contribution in [2.75, 3.05) is 0 Å². The SMILES string of the molecule is CCCc1ccc2nc(Cl)ccc2c1. The van der Waals surface area contributed by atoms with Gasteiger partial charge in [0.2, 0.25) is 0 Å². The van der Waals surface area contributed by atoms with Crippen LogP contribution >= 0.6 is 11.6 Å². The molecular formula is C12H12ClN. The topological polar surface area (TPSA) is 12.9 Å². The highest BCUT2D eigenvalue weighted by molar-refractivity contribution is 6.29. The Morgan fingerprint density at radius 2 is 2.07 bits per heavy atom. The van der Waals surface area contributed by atoms with Crippen LogP contribution in [-0.2, 0) is 6.42 Å². The number of hydrogen-bond acceptors (Lipinski definition) is 1. The standard InChI is InChI=1S/C12H12ClN/c1-2-3-9-4-6-11-10(8-9)5-7-12(13)14-11/h4-8H,2-3H2,1H3. The molecule has 14 heavy (non-hydrogen) atoms. The third kappa shape index (κ3) is 1.88. The number of hydrogen-bond donors (Lipinski definition) is 0. The summed E-state index contributed by atoms with van der Waals surface area (Å²) in [5, 5.41) is 1.72. The van der Waals surface area contributed by atoms with Gasteiger partial charge in [0.25, 0.3) is 0 Å². The average Bonchev–Trinajstić information content (AvgIpc) is 2.19. The van der Waals surface area contributed by atoms with Crippen LogP contribution < -0.4 is 0 Å². The first-order valence-corrected chi connectivity index (χ1v) is 5.22. The first kappa shape index (κ1) is 9.47. The second kappa shape index (κ2) is 3.97. The molecule has 0 unspecified atom stereocenters. The Balaban J connectivity index is 2.50. The van der Waals surface area contributed by atoms with Crippen LogP contribution in [0.4, 0.5) is 0 Å². The maximum Gasteiger partial charge on any atom is 0.129 e. The third-order valence-corrected chi connectivity index (χ3v) is 2.47. The molecule has 72 valence electrons. The predicted octanol–water partition coefficient (Wildman–Crippen LogP) is 3.84. The largest absolute Gasteiger partial charge is 0.236 e. The molecule has 0 N–H and O–H groups in total. The number of fused-ring (bicyclic) bond motifs is 1. The summed E-state index contributed by atoms with van der Waals surface area (Å²) in [4.78, 5) is 4.24. The number of aromatic nitrogens is 1. The van der Waals surface area contributed by atoms with Crippen molar-refractivity contribution in [3.8, 4) is 0 Å². The molecular weight excluding hydrogens is 194 g/mol. The Labute approximate surface area is 88.7 Å². The lowest BCUT2D eigenvalue weighted by molar-refractivity contribution is 0.923. The lowest BCUT2D eigenvalue weighted by Crippen LogP contribution is -1.85. The zero-order valence-electron chi connectivity index (χ0n) is 8.13. The predicted molar refractivity (Wildman–Crippen MR) is 60.7 cm³/mol. The highest BCUT2D eigenvalue weighted by Gasteiger charge is 1.97. The van der Waals surface area contributed by atoms with Crippen LogP contribution in [0.2, 0.25) is 5.15 Å². The van der Waals surface area contributed by atoms with Gasteiger partial charge in [0.05, 0.1) is 5.52 Å². The fourth-order valence-corrected chi connectivity index (χ4v) is 1.75. The van der Waals surface area contributed by atoms with Gasteiger partial charge in [0.15, 0.2) is 0 Å². The Morgan fingerprint density at radius 1 is 1.21 bits per heavy atom. The molecule has 0 radical (unpaired) electrons. The number of pyridine rings is 1. The zero-order chi connectivity index (χ0) is 9.97. The smallest absolute Gasteiger partial charge is 0.129 e. The summed E-state index contributed by atoms with van der Waals surface area (Å²) < 4.78 is 0. The molecule has 1 heterocycles. The van der Waals surface area contributed by atoms with E-state index in [1.165, 1.54) is 17.4 Å². The third-order valence-electron chi connectivity index (χ3n) is 2.26. The van der Waals surface area contributed by atoms with E-state index in [0.717, 1.165) is 11.9 Å². The normalized spacial score (nSPS) is 10.7. The van der Waals surface area contributed by atoms with E-state index in [-0.39, 0.29) is 0 Å². The summed E-state index contributed by atoms with van der Waals surface area (Å²) in [5.74, 6) is 0. The molecule has 0 saturated heterocycles. The number of halogens is 1. The average molecular weight is 206 g/mol. The van der Waals surface area contributed by atoms with E-state index in [1.807, 2.05) is 18.2 Å². The summed E-state index contributed by atoms with van der Waals surface area (Å²) in [6.45, 7) is 2.18. The fraction of sp³-hybridized carbons (Fsp3) is 0.250. The zero-order valence-corrected chi connectivity index (χ0v) is 8.88. The molecule has 0 atom stereocenters. The lowest BCUT2D eigenvalue weighted by atomic mass is 10.1. The summed E-state index contributed by atoms with van der Waals surface area (Å²) in [5.41, 5.74) is 2.33. The molecule has 0 bridgehead atoms. The maximum atomic E-state index is 5.81. The van der Waals surface area contributed by atoms with E-state index in [4.69, 9.17) is 11.6 Å². The van der Waals surface area contributed by atoms with E-state index in [9.17, 15) is 0 Å². The van der Waals surface area contributed by atoms with Crippen molar-refractivity contribution in [3.05, 3.63) is 41.0 Å². The quantitative estimate of drug-likeness (QED) is 0.679. The van der Waals surface area contributed by atoms with Crippen LogP contribution in [0, 0.1) is 0 Å². The summed E-state index contributed by atoms with van der Waals surface area (Å²) in [6, 6.07) is 10.2. The van der Waals surface area contributed by atoms with Crippen molar-refractivity contribution in [2.24, 2.45) is 0 Å². The maximum absolute atomic E-state index is 5.81. The van der Waals surface area contributed by atoms with E-state index < -0.39 is 0 Å². The molecule has 0 aliphatic rings. The number of benzene rings is 1. The van der Waals surface area contributed by atoms with Gasteiger partial charge in [-0.2, -0.15) is 0 Å². The van der Waals surface area contributed by atoms with Crippen molar-refractivity contribution in [1.82, 2.24) is 4.98 Å². The minimum atomic E-state index is 0.556. The number of rotatable bonds is 2. The molecule has 0 spiro atoms. The van der Waals surface area contributed by atoms with Crippen molar-refractivity contribution >= 4 is 22.5 Å². The minimum absolute atomic E-state index is 0.556. The molecule has 0 fully saturated rings. The molecule has 1 aromatic carbocycles. The van der Waals surface area contributed by atoms with E-state index in [1.54, 1.807) is 0 Å². The summed E-state index contributed by atoms with van der Waals surface area (Å²) in [6.07, 6.45) is 2.30. The van der Waals surface area contributed by atoms with Gasteiger partial charge in [-0.3, -0.25) is 0 Å². The molecule has 0 amide bonds. The van der Waals surface area contributed by atoms with Gasteiger partial charge in [-0.1, -0.05) is 31.0 Å².